The third kappa shape index (κ3) is 3.71. The zero-order valence-corrected chi connectivity index (χ0v) is 13.9. The van der Waals surface area contributed by atoms with E-state index in [4.69, 9.17) is 0 Å². The molecule has 0 bridgehead atoms. The standard InChI is InChI=1S/C18H21N5O/c1-3-14(2)22-12-10-17(21-22)19-18(24)13-15-9-11-23(20-15)16-7-5-4-6-8-16/h4-12,14H,3,13H2,1-2H3,(H,19,21,24). The molecule has 0 aliphatic heterocycles. The van der Waals surface area contributed by atoms with Crippen LogP contribution in [0.25, 0.3) is 5.69 Å². The van der Waals surface area contributed by atoms with Gasteiger partial charge in [-0.1, -0.05) is 25.1 Å². The Morgan fingerprint density at radius 1 is 1.12 bits per heavy atom. The lowest BCUT2D eigenvalue weighted by atomic mass is 10.3. The molecule has 6 nitrogen and oxygen atoms in total. The summed E-state index contributed by atoms with van der Waals surface area (Å²) in [4.78, 5) is 12.2. The van der Waals surface area contributed by atoms with Crippen molar-refractivity contribution < 1.29 is 4.79 Å². The summed E-state index contributed by atoms with van der Waals surface area (Å²) in [6, 6.07) is 13.8. The first-order valence-corrected chi connectivity index (χ1v) is 8.10. The zero-order valence-electron chi connectivity index (χ0n) is 13.9. The predicted molar refractivity (Wildman–Crippen MR) is 93.1 cm³/mol. The van der Waals surface area contributed by atoms with Crippen molar-refractivity contribution in [3.63, 3.8) is 0 Å². The Balaban J connectivity index is 1.61. The molecular formula is C18H21N5O. The van der Waals surface area contributed by atoms with Crippen molar-refractivity contribution in [2.45, 2.75) is 32.7 Å². The van der Waals surface area contributed by atoms with Gasteiger partial charge in [-0.2, -0.15) is 10.2 Å². The average Bonchev–Trinajstić information content (AvgIpc) is 3.24. The molecule has 0 aliphatic carbocycles. The molecule has 2 heterocycles. The lowest BCUT2D eigenvalue weighted by molar-refractivity contribution is -0.115. The van der Waals surface area contributed by atoms with Crippen LogP contribution < -0.4 is 5.32 Å². The Kier molecular flexibility index (Phi) is 4.74. The maximum atomic E-state index is 12.2. The van der Waals surface area contributed by atoms with Crippen molar-refractivity contribution in [1.29, 1.82) is 0 Å². The maximum absolute atomic E-state index is 12.2. The summed E-state index contributed by atoms with van der Waals surface area (Å²) in [6.07, 6.45) is 4.95. The van der Waals surface area contributed by atoms with Crippen LogP contribution in [0.15, 0.2) is 54.9 Å². The van der Waals surface area contributed by atoms with Crippen molar-refractivity contribution >= 4 is 11.7 Å². The second-order valence-electron chi connectivity index (χ2n) is 5.75. The number of carbonyl (C=O) groups is 1. The highest BCUT2D eigenvalue weighted by molar-refractivity contribution is 5.91. The first-order chi connectivity index (χ1) is 11.7. The topological polar surface area (TPSA) is 64.7 Å². The van der Waals surface area contributed by atoms with Crippen molar-refractivity contribution in [3.8, 4) is 5.69 Å². The van der Waals surface area contributed by atoms with E-state index in [1.54, 1.807) is 4.68 Å². The third-order valence-corrected chi connectivity index (χ3v) is 3.92. The molecule has 0 spiro atoms. The number of nitrogens with zero attached hydrogens (tertiary/aromatic N) is 4. The van der Waals surface area contributed by atoms with Crippen LogP contribution in [0.3, 0.4) is 0 Å². The molecule has 6 heteroatoms. The van der Waals surface area contributed by atoms with Gasteiger partial charge in [0.25, 0.3) is 0 Å². The van der Waals surface area contributed by atoms with Crippen molar-refractivity contribution in [3.05, 3.63) is 60.6 Å². The fourth-order valence-electron chi connectivity index (χ4n) is 2.37. The number of carbonyl (C=O) groups excluding carboxylic acids is 1. The third-order valence-electron chi connectivity index (χ3n) is 3.92. The second kappa shape index (κ2) is 7.12. The van der Waals surface area contributed by atoms with Gasteiger partial charge in [-0.3, -0.25) is 9.48 Å². The summed E-state index contributed by atoms with van der Waals surface area (Å²) >= 11 is 0. The average molecular weight is 323 g/mol. The lowest BCUT2D eigenvalue weighted by Gasteiger charge is -2.08. The Bertz CT molecular complexity index is 806. The summed E-state index contributed by atoms with van der Waals surface area (Å²) in [5.74, 6) is 0.450. The number of nitrogens with one attached hydrogen (secondary N) is 1. The molecule has 1 atom stereocenters. The molecule has 2 aromatic heterocycles. The maximum Gasteiger partial charge on any atom is 0.231 e. The van der Waals surface area contributed by atoms with Gasteiger partial charge in [-0.15, -0.1) is 0 Å². The minimum absolute atomic E-state index is 0.122. The monoisotopic (exact) mass is 323 g/mol. The fraction of sp³-hybridized carbons (Fsp3) is 0.278. The van der Waals surface area contributed by atoms with Crippen molar-refractivity contribution in [2.75, 3.05) is 5.32 Å². The van der Waals surface area contributed by atoms with Crippen LogP contribution in [-0.2, 0) is 11.2 Å². The van der Waals surface area contributed by atoms with Gasteiger partial charge in [0.2, 0.25) is 5.91 Å². The van der Waals surface area contributed by atoms with Crippen LogP contribution in [0.5, 0.6) is 0 Å². The molecule has 0 saturated heterocycles. The predicted octanol–water partition coefficient (Wildman–Crippen LogP) is 3.22. The SMILES string of the molecule is CCC(C)n1ccc(NC(=O)Cc2ccn(-c3ccccc3)n2)n1. The fourth-order valence-corrected chi connectivity index (χ4v) is 2.37. The number of aromatic nitrogens is 4. The van der Waals surface area contributed by atoms with Gasteiger partial charge in [-0.25, -0.2) is 4.68 Å². The largest absolute Gasteiger partial charge is 0.309 e. The zero-order chi connectivity index (χ0) is 16.9. The molecule has 0 radical (unpaired) electrons. The van der Waals surface area contributed by atoms with Crippen LogP contribution in [0, 0.1) is 0 Å². The smallest absolute Gasteiger partial charge is 0.231 e. The Morgan fingerprint density at radius 3 is 2.67 bits per heavy atom. The Labute approximate surface area is 141 Å². The van der Waals surface area contributed by atoms with Gasteiger partial charge in [0, 0.05) is 24.5 Å². The molecule has 24 heavy (non-hydrogen) atoms. The van der Waals surface area contributed by atoms with E-state index in [9.17, 15) is 4.79 Å². The molecule has 1 N–H and O–H groups in total. The Morgan fingerprint density at radius 2 is 1.92 bits per heavy atom. The lowest BCUT2D eigenvalue weighted by Crippen LogP contribution is -2.16. The highest BCUT2D eigenvalue weighted by Crippen LogP contribution is 2.12. The first-order valence-electron chi connectivity index (χ1n) is 8.10. The van der Waals surface area contributed by atoms with E-state index in [0.29, 0.717) is 11.9 Å². The number of amides is 1. The van der Waals surface area contributed by atoms with Gasteiger partial charge in [0.15, 0.2) is 5.82 Å². The van der Waals surface area contributed by atoms with E-state index in [2.05, 4.69) is 29.4 Å². The van der Waals surface area contributed by atoms with Crippen molar-refractivity contribution in [1.82, 2.24) is 19.6 Å². The van der Waals surface area contributed by atoms with E-state index >= 15 is 0 Å². The van der Waals surface area contributed by atoms with Crippen LogP contribution in [0.1, 0.15) is 32.0 Å². The molecule has 1 amide bonds. The quantitative estimate of drug-likeness (QED) is 0.757. The van der Waals surface area contributed by atoms with E-state index in [1.165, 1.54) is 0 Å². The summed E-state index contributed by atoms with van der Waals surface area (Å²) in [7, 11) is 0. The molecule has 3 rings (SSSR count). The van der Waals surface area contributed by atoms with Crippen LogP contribution in [0.2, 0.25) is 0 Å². The van der Waals surface area contributed by atoms with E-state index in [1.807, 2.05) is 59.5 Å². The van der Waals surface area contributed by atoms with Crippen LogP contribution in [0.4, 0.5) is 5.82 Å². The van der Waals surface area contributed by atoms with Crippen LogP contribution >= 0.6 is 0 Å². The van der Waals surface area contributed by atoms with E-state index in [-0.39, 0.29) is 12.3 Å². The van der Waals surface area contributed by atoms with E-state index in [0.717, 1.165) is 17.8 Å². The first kappa shape index (κ1) is 16.0. The summed E-state index contributed by atoms with van der Waals surface area (Å²) in [5, 5.41) is 11.6. The number of hydrogen-bond acceptors (Lipinski definition) is 3. The summed E-state index contributed by atoms with van der Waals surface area (Å²) < 4.78 is 3.63. The molecule has 1 aromatic carbocycles. The molecule has 0 fully saturated rings. The molecule has 0 aliphatic rings. The molecule has 124 valence electrons. The minimum Gasteiger partial charge on any atom is -0.309 e. The highest BCUT2D eigenvalue weighted by Gasteiger charge is 2.10. The summed E-state index contributed by atoms with van der Waals surface area (Å²) in [5.41, 5.74) is 1.69. The van der Waals surface area contributed by atoms with Gasteiger partial charge in [0.05, 0.1) is 17.8 Å². The van der Waals surface area contributed by atoms with Gasteiger partial charge < -0.3 is 5.32 Å². The number of benzene rings is 1. The van der Waals surface area contributed by atoms with Crippen LogP contribution in [-0.4, -0.2) is 25.5 Å². The normalized spacial score (nSPS) is 12.1. The Hall–Kier alpha value is -2.89. The molecule has 0 saturated carbocycles. The van der Waals surface area contributed by atoms with Gasteiger partial charge >= 0.3 is 0 Å². The van der Waals surface area contributed by atoms with Gasteiger partial charge in [-0.05, 0) is 31.5 Å². The highest BCUT2D eigenvalue weighted by atomic mass is 16.1. The minimum atomic E-state index is -0.122. The van der Waals surface area contributed by atoms with Crippen molar-refractivity contribution in [2.24, 2.45) is 0 Å². The molecule has 1 unspecified atom stereocenters. The second-order valence-corrected chi connectivity index (χ2v) is 5.75. The summed E-state index contributed by atoms with van der Waals surface area (Å²) in [6.45, 7) is 4.20. The van der Waals surface area contributed by atoms with Gasteiger partial charge in [0.1, 0.15) is 0 Å². The molecular weight excluding hydrogens is 302 g/mol. The number of rotatable bonds is 6. The number of hydrogen-bond donors (Lipinski definition) is 1. The number of anilines is 1. The molecule has 3 aromatic rings. The number of para-hydroxylation sites is 1. The van der Waals surface area contributed by atoms with E-state index < -0.39 is 0 Å².